The van der Waals surface area contributed by atoms with Gasteiger partial charge in [0, 0.05) is 18.0 Å². The van der Waals surface area contributed by atoms with Gasteiger partial charge in [0.1, 0.15) is 17.4 Å². The summed E-state index contributed by atoms with van der Waals surface area (Å²) in [5, 5.41) is 10.0. The number of thioether (sulfide) groups is 1. The highest BCUT2D eigenvalue weighted by molar-refractivity contribution is 7.99. The zero-order valence-corrected chi connectivity index (χ0v) is 26.2. The zero-order chi connectivity index (χ0) is 30.6. The molecule has 5 rings (SSSR count). The lowest BCUT2D eigenvalue weighted by atomic mass is 9.83. The van der Waals surface area contributed by atoms with Crippen LogP contribution < -0.4 is 9.46 Å². The molecule has 5 aromatic rings. The molecule has 1 heterocycles. The molecule has 0 aliphatic rings. The number of ether oxygens (including phenoxy) is 1. The second-order valence-electron chi connectivity index (χ2n) is 10.2. The van der Waals surface area contributed by atoms with Crippen molar-refractivity contribution >= 4 is 33.4 Å². The molecule has 0 fully saturated rings. The lowest BCUT2D eigenvalue weighted by Crippen LogP contribution is -2.26. The van der Waals surface area contributed by atoms with Crippen LogP contribution in [0, 0.1) is 5.82 Å². The Balaban J connectivity index is 1.34. The van der Waals surface area contributed by atoms with E-state index in [9.17, 15) is 12.8 Å². The SMILES string of the molecule is COc1cc(C(C)(C)c2nnc(SCCNS(=O)(=O)c3ccc(-c4ccccc4)cc3)n2-c2ccc(F)cc2)ccc1Cl. The molecule has 0 atom stereocenters. The molecule has 4 aromatic carbocycles. The molecule has 43 heavy (non-hydrogen) atoms. The number of benzene rings is 4. The van der Waals surface area contributed by atoms with E-state index >= 15 is 0 Å². The molecule has 0 bridgehead atoms. The number of sulfonamides is 1. The van der Waals surface area contributed by atoms with Crippen LogP contribution in [0.2, 0.25) is 5.02 Å². The van der Waals surface area contributed by atoms with Gasteiger partial charge in [-0.1, -0.05) is 71.9 Å². The van der Waals surface area contributed by atoms with Gasteiger partial charge in [-0.15, -0.1) is 10.2 Å². The summed E-state index contributed by atoms with van der Waals surface area (Å²) in [4.78, 5) is 0.189. The molecule has 0 saturated carbocycles. The largest absolute Gasteiger partial charge is 0.495 e. The van der Waals surface area contributed by atoms with E-state index in [-0.39, 0.29) is 17.3 Å². The summed E-state index contributed by atoms with van der Waals surface area (Å²) in [6, 6.07) is 28.2. The molecule has 0 amide bonds. The van der Waals surface area contributed by atoms with Crippen LogP contribution in [0.4, 0.5) is 4.39 Å². The number of halogens is 2. The van der Waals surface area contributed by atoms with E-state index in [0.717, 1.165) is 16.7 Å². The van der Waals surface area contributed by atoms with Crippen LogP contribution in [0.15, 0.2) is 107 Å². The second kappa shape index (κ2) is 12.9. The van der Waals surface area contributed by atoms with Gasteiger partial charge in [0.2, 0.25) is 10.0 Å². The number of nitrogens with zero attached hydrogens (tertiary/aromatic N) is 3. The topological polar surface area (TPSA) is 86.1 Å². The third-order valence-electron chi connectivity index (χ3n) is 7.05. The van der Waals surface area contributed by atoms with E-state index in [4.69, 9.17) is 16.3 Å². The predicted molar refractivity (Wildman–Crippen MR) is 169 cm³/mol. The minimum absolute atomic E-state index is 0.164. The first-order valence-corrected chi connectivity index (χ1v) is 16.3. The molecule has 0 spiro atoms. The lowest BCUT2D eigenvalue weighted by Gasteiger charge is -2.26. The monoisotopic (exact) mass is 636 g/mol. The second-order valence-corrected chi connectivity index (χ2v) is 13.5. The fourth-order valence-electron chi connectivity index (χ4n) is 4.63. The van der Waals surface area contributed by atoms with Gasteiger partial charge < -0.3 is 4.74 Å². The van der Waals surface area contributed by atoms with Crippen molar-refractivity contribution in [1.82, 2.24) is 19.5 Å². The molecule has 0 aliphatic heterocycles. The van der Waals surface area contributed by atoms with Crippen LogP contribution in [0.1, 0.15) is 25.2 Å². The van der Waals surface area contributed by atoms with Crippen molar-refractivity contribution in [3.8, 4) is 22.6 Å². The van der Waals surface area contributed by atoms with Crippen molar-refractivity contribution < 1.29 is 17.5 Å². The Hall–Kier alpha value is -3.70. The number of aromatic nitrogens is 3. The summed E-state index contributed by atoms with van der Waals surface area (Å²) in [6.45, 7) is 4.17. The standard InChI is InChI=1S/C32H30ClFN4O3S2/c1-32(2,24-11-18-28(33)29(21-24)41-3)30-36-37-31(38(30)26-14-12-25(34)13-15-26)42-20-19-35-43(39,40)27-16-9-23(10-17-27)22-7-5-4-6-8-22/h4-18,21,35H,19-20H2,1-3H3. The number of rotatable bonds is 11. The van der Waals surface area contributed by atoms with Crippen molar-refractivity contribution in [2.24, 2.45) is 0 Å². The van der Waals surface area contributed by atoms with Crippen molar-refractivity contribution in [1.29, 1.82) is 0 Å². The highest BCUT2D eigenvalue weighted by Crippen LogP contribution is 2.37. The Kier molecular flexibility index (Phi) is 9.22. The summed E-state index contributed by atoms with van der Waals surface area (Å²) in [6.07, 6.45) is 0. The van der Waals surface area contributed by atoms with E-state index in [1.54, 1.807) is 49.6 Å². The fraction of sp³-hybridized carbons (Fsp3) is 0.188. The maximum Gasteiger partial charge on any atom is 0.240 e. The fourth-order valence-corrected chi connectivity index (χ4v) is 6.79. The Morgan fingerprint density at radius 3 is 2.28 bits per heavy atom. The van der Waals surface area contributed by atoms with Crippen LogP contribution in [0.25, 0.3) is 16.8 Å². The number of hydrogen-bond acceptors (Lipinski definition) is 6. The molecule has 0 radical (unpaired) electrons. The van der Waals surface area contributed by atoms with Crippen molar-refractivity contribution in [3.05, 3.63) is 119 Å². The van der Waals surface area contributed by atoms with Gasteiger partial charge in [0.15, 0.2) is 5.16 Å². The van der Waals surface area contributed by atoms with Gasteiger partial charge >= 0.3 is 0 Å². The Morgan fingerprint density at radius 2 is 1.60 bits per heavy atom. The molecule has 7 nitrogen and oxygen atoms in total. The summed E-state index contributed by atoms with van der Waals surface area (Å²) in [5.41, 5.74) is 2.87. The minimum Gasteiger partial charge on any atom is -0.495 e. The summed E-state index contributed by atoms with van der Waals surface area (Å²) >= 11 is 7.61. The Bertz CT molecular complexity index is 1810. The normalized spacial score (nSPS) is 11.9. The van der Waals surface area contributed by atoms with Crippen molar-refractivity contribution in [2.45, 2.75) is 29.3 Å². The number of methoxy groups -OCH3 is 1. The number of hydrogen-bond donors (Lipinski definition) is 1. The average Bonchev–Trinajstić information content (AvgIpc) is 3.45. The number of nitrogens with one attached hydrogen (secondary N) is 1. The zero-order valence-electron chi connectivity index (χ0n) is 23.8. The van der Waals surface area contributed by atoms with Crippen LogP contribution in [-0.2, 0) is 15.4 Å². The maximum atomic E-state index is 13.8. The van der Waals surface area contributed by atoms with E-state index in [1.807, 2.05) is 60.9 Å². The molecule has 1 N–H and O–H groups in total. The molecule has 0 saturated heterocycles. The first-order chi connectivity index (χ1) is 20.6. The van der Waals surface area contributed by atoms with Crippen molar-refractivity contribution in [2.75, 3.05) is 19.4 Å². The molecule has 0 unspecified atom stereocenters. The third-order valence-corrected chi connectivity index (χ3v) is 9.77. The molecule has 11 heteroatoms. The highest BCUT2D eigenvalue weighted by atomic mass is 35.5. The first kappa shape index (κ1) is 30.7. The molecule has 0 aliphatic carbocycles. The van der Waals surface area contributed by atoms with E-state index in [0.29, 0.717) is 33.2 Å². The van der Waals surface area contributed by atoms with Crippen molar-refractivity contribution in [3.63, 3.8) is 0 Å². The minimum atomic E-state index is -3.72. The van der Waals surface area contributed by atoms with Gasteiger partial charge in [0.05, 0.1) is 22.4 Å². The van der Waals surface area contributed by atoms with Gasteiger partial charge in [-0.2, -0.15) is 0 Å². The predicted octanol–water partition coefficient (Wildman–Crippen LogP) is 7.13. The van der Waals surface area contributed by atoms with Gasteiger partial charge in [-0.3, -0.25) is 4.57 Å². The molecule has 1 aromatic heterocycles. The third kappa shape index (κ3) is 6.78. The van der Waals surface area contributed by atoms with Gasteiger partial charge in [0.25, 0.3) is 0 Å². The molecular formula is C32H30ClFN4O3S2. The van der Waals surface area contributed by atoms with Crippen LogP contribution in [0.3, 0.4) is 0 Å². The van der Waals surface area contributed by atoms with Crippen LogP contribution in [0.5, 0.6) is 5.75 Å². The smallest absolute Gasteiger partial charge is 0.240 e. The van der Waals surface area contributed by atoms with E-state index in [2.05, 4.69) is 14.9 Å². The van der Waals surface area contributed by atoms with E-state index in [1.165, 1.54) is 23.9 Å². The lowest BCUT2D eigenvalue weighted by molar-refractivity contribution is 0.413. The quantitative estimate of drug-likeness (QED) is 0.123. The highest BCUT2D eigenvalue weighted by Gasteiger charge is 2.32. The summed E-state index contributed by atoms with van der Waals surface area (Å²) in [7, 11) is -2.16. The Labute approximate surface area is 260 Å². The van der Waals surface area contributed by atoms with Gasteiger partial charge in [-0.25, -0.2) is 17.5 Å². The van der Waals surface area contributed by atoms with Crippen LogP contribution >= 0.6 is 23.4 Å². The summed E-state index contributed by atoms with van der Waals surface area (Å²) < 4.78 is 49.7. The van der Waals surface area contributed by atoms with Gasteiger partial charge in [-0.05, 0) is 79.1 Å². The van der Waals surface area contributed by atoms with Crippen LogP contribution in [-0.4, -0.2) is 42.6 Å². The average molecular weight is 637 g/mol. The molecule has 222 valence electrons. The van der Waals surface area contributed by atoms with E-state index < -0.39 is 15.4 Å². The summed E-state index contributed by atoms with van der Waals surface area (Å²) in [5.74, 6) is 1.18. The maximum absolute atomic E-state index is 13.8. The Morgan fingerprint density at radius 1 is 0.930 bits per heavy atom. The molecular weight excluding hydrogens is 607 g/mol. The first-order valence-electron chi connectivity index (χ1n) is 13.4.